The average molecular weight is 220 g/mol. The highest BCUT2D eigenvalue weighted by atomic mass is 32.1. The van der Waals surface area contributed by atoms with E-state index in [1.54, 1.807) is 18.4 Å². The van der Waals surface area contributed by atoms with Crippen LogP contribution < -0.4 is 4.74 Å². The highest BCUT2D eigenvalue weighted by Gasteiger charge is 2.05. The lowest BCUT2D eigenvalue weighted by atomic mass is 10.1. The maximum atomic E-state index is 5.42. The van der Waals surface area contributed by atoms with Crippen LogP contribution in [0.5, 0.6) is 5.75 Å². The zero-order chi connectivity index (χ0) is 10.7. The van der Waals surface area contributed by atoms with E-state index in [1.807, 2.05) is 0 Å². The fraction of sp³-hybridized carbons (Fsp3) is 0.385. The van der Waals surface area contributed by atoms with E-state index in [0.29, 0.717) is 0 Å². The van der Waals surface area contributed by atoms with Crippen LogP contribution in [0.15, 0.2) is 23.6 Å². The number of benzene rings is 1. The quantitative estimate of drug-likeness (QED) is 0.748. The Bertz CT molecular complexity index is 445. The van der Waals surface area contributed by atoms with Gasteiger partial charge in [0.2, 0.25) is 0 Å². The zero-order valence-electron chi connectivity index (χ0n) is 9.25. The molecule has 1 heterocycles. The SMILES string of the molecule is CCCCc1cc(OC)c2sccc2c1. The Hall–Kier alpha value is -1.02. The summed E-state index contributed by atoms with van der Waals surface area (Å²) in [6.07, 6.45) is 3.64. The Morgan fingerprint density at radius 3 is 2.93 bits per heavy atom. The first kappa shape index (κ1) is 10.5. The van der Waals surface area contributed by atoms with Gasteiger partial charge in [-0.25, -0.2) is 0 Å². The number of ether oxygens (including phenoxy) is 1. The van der Waals surface area contributed by atoms with Crippen LogP contribution in [0.25, 0.3) is 10.1 Å². The molecule has 2 aromatic rings. The van der Waals surface area contributed by atoms with E-state index in [0.717, 1.165) is 12.2 Å². The summed E-state index contributed by atoms with van der Waals surface area (Å²) in [5, 5.41) is 3.43. The molecule has 0 amide bonds. The second-order valence-electron chi connectivity index (χ2n) is 3.74. The summed E-state index contributed by atoms with van der Waals surface area (Å²) in [6.45, 7) is 2.22. The molecule has 0 fully saturated rings. The lowest BCUT2D eigenvalue weighted by molar-refractivity contribution is 0.420. The van der Waals surface area contributed by atoms with E-state index in [-0.39, 0.29) is 0 Å². The minimum atomic E-state index is 1.02. The monoisotopic (exact) mass is 220 g/mol. The molecule has 0 saturated heterocycles. The summed E-state index contributed by atoms with van der Waals surface area (Å²) in [5.74, 6) is 1.02. The van der Waals surface area contributed by atoms with Crippen molar-refractivity contribution in [2.45, 2.75) is 26.2 Å². The van der Waals surface area contributed by atoms with E-state index in [4.69, 9.17) is 4.74 Å². The molecule has 1 nitrogen and oxygen atoms in total. The first-order valence-corrected chi connectivity index (χ1v) is 6.27. The van der Waals surface area contributed by atoms with E-state index < -0.39 is 0 Å². The standard InChI is InChI=1S/C13H16OS/c1-3-4-5-10-8-11-6-7-15-13(11)12(9-10)14-2/h6-9H,3-5H2,1-2H3. The van der Waals surface area contributed by atoms with Gasteiger partial charge in [0.15, 0.2) is 0 Å². The second kappa shape index (κ2) is 4.67. The summed E-state index contributed by atoms with van der Waals surface area (Å²) in [4.78, 5) is 0. The van der Waals surface area contributed by atoms with Crippen molar-refractivity contribution in [3.8, 4) is 5.75 Å². The van der Waals surface area contributed by atoms with Crippen molar-refractivity contribution in [1.82, 2.24) is 0 Å². The molecule has 1 aromatic carbocycles. The summed E-state index contributed by atoms with van der Waals surface area (Å²) >= 11 is 1.75. The van der Waals surface area contributed by atoms with Crippen molar-refractivity contribution in [3.05, 3.63) is 29.1 Å². The van der Waals surface area contributed by atoms with Crippen molar-refractivity contribution in [1.29, 1.82) is 0 Å². The lowest BCUT2D eigenvalue weighted by Gasteiger charge is -2.05. The zero-order valence-corrected chi connectivity index (χ0v) is 10.1. The third-order valence-corrected chi connectivity index (χ3v) is 3.56. The maximum Gasteiger partial charge on any atom is 0.136 e. The largest absolute Gasteiger partial charge is 0.495 e. The Balaban J connectivity index is 2.40. The molecule has 1 aromatic heterocycles. The molecular weight excluding hydrogens is 204 g/mol. The predicted molar refractivity (Wildman–Crippen MR) is 67.0 cm³/mol. The third kappa shape index (κ3) is 2.15. The fourth-order valence-electron chi connectivity index (χ4n) is 1.79. The molecule has 0 bridgehead atoms. The number of thiophene rings is 1. The Morgan fingerprint density at radius 1 is 1.33 bits per heavy atom. The fourth-order valence-corrected chi connectivity index (χ4v) is 2.66. The summed E-state index contributed by atoms with van der Waals surface area (Å²) in [7, 11) is 1.75. The van der Waals surface area contributed by atoms with Crippen molar-refractivity contribution < 1.29 is 4.74 Å². The number of fused-ring (bicyclic) bond motifs is 1. The molecule has 0 saturated carbocycles. The first-order valence-electron chi connectivity index (χ1n) is 5.39. The topological polar surface area (TPSA) is 9.23 Å². The molecule has 0 spiro atoms. The van der Waals surface area contributed by atoms with Crippen LogP contribution >= 0.6 is 11.3 Å². The van der Waals surface area contributed by atoms with Crippen molar-refractivity contribution in [2.24, 2.45) is 0 Å². The number of rotatable bonds is 4. The van der Waals surface area contributed by atoms with E-state index in [1.165, 1.54) is 28.5 Å². The number of aryl methyl sites for hydroxylation is 1. The van der Waals surface area contributed by atoms with E-state index in [9.17, 15) is 0 Å². The summed E-state index contributed by atoms with van der Waals surface area (Å²) in [5.41, 5.74) is 1.39. The minimum absolute atomic E-state index is 1.02. The number of unbranched alkanes of at least 4 members (excludes halogenated alkanes) is 1. The Morgan fingerprint density at radius 2 is 2.20 bits per heavy atom. The summed E-state index contributed by atoms with van der Waals surface area (Å²) < 4.78 is 6.68. The molecule has 0 aliphatic rings. The van der Waals surface area contributed by atoms with Crippen LogP contribution in [0.3, 0.4) is 0 Å². The van der Waals surface area contributed by atoms with Gasteiger partial charge in [-0.1, -0.05) is 19.4 Å². The van der Waals surface area contributed by atoms with Gasteiger partial charge in [-0.3, -0.25) is 0 Å². The molecule has 2 rings (SSSR count). The van der Waals surface area contributed by atoms with Gasteiger partial charge in [0.05, 0.1) is 11.8 Å². The van der Waals surface area contributed by atoms with Crippen molar-refractivity contribution in [3.63, 3.8) is 0 Å². The van der Waals surface area contributed by atoms with Crippen LogP contribution in [-0.4, -0.2) is 7.11 Å². The van der Waals surface area contributed by atoms with Crippen LogP contribution in [0.2, 0.25) is 0 Å². The Kier molecular flexibility index (Phi) is 3.27. The third-order valence-electron chi connectivity index (χ3n) is 2.62. The van der Waals surface area contributed by atoms with Gasteiger partial charge in [0, 0.05) is 0 Å². The van der Waals surface area contributed by atoms with Crippen LogP contribution in [-0.2, 0) is 6.42 Å². The van der Waals surface area contributed by atoms with E-state index >= 15 is 0 Å². The molecule has 0 aliphatic heterocycles. The molecule has 0 atom stereocenters. The molecule has 2 heteroatoms. The molecular formula is C13H16OS. The van der Waals surface area contributed by atoms with Gasteiger partial charge in [0.25, 0.3) is 0 Å². The predicted octanol–water partition coefficient (Wildman–Crippen LogP) is 4.25. The van der Waals surface area contributed by atoms with Crippen molar-refractivity contribution in [2.75, 3.05) is 7.11 Å². The minimum Gasteiger partial charge on any atom is -0.495 e. The van der Waals surface area contributed by atoms with Crippen LogP contribution in [0, 0.1) is 0 Å². The van der Waals surface area contributed by atoms with Gasteiger partial charge in [-0.15, -0.1) is 11.3 Å². The average Bonchev–Trinajstić information content (AvgIpc) is 2.73. The van der Waals surface area contributed by atoms with Crippen molar-refractivity contribution >= 4 is 21.4 Å². The van der Waals surface area contributed by atoms with Gasteiger partial charge in [-0.2, -0.15) is 0 Å². The van der Waals surface area contributed by atoms with E-state index in [2.05, 4.69) is 30.5 Å². The Labute approximate surface area is 94.7 Å². The number of hydrogen-bond donors (Lipinski definition) is 0. The lowest BCUT2D eigenvalue weighted by Crippen LogP contribution is -1.88. The van der Waals surface area contributed by atoms with Gasteiger partial charge in [0.1, 0.15) is 5.75 Å². The molecule has 15 heavy (non-hydrogen) atoms. The normalized spacial score (nSPS) is 10.8. The molecule has 0 radical (unpaired) electrons. The molecule has 0 aliphatic carbocycles. The molecule has 0 unspecified atom stereocenters. The molecule has 80 valence electrons. The van der Waals surface area contributed by atoms with Gasteiger partial charge in [-0.05, 0) is 41.3 Å². The van der Waals surface area contributed by atoms with Gasteiger partial charge >= 0.3 is 0 Å². The van der Waals surface area contributed by atoms with Crippen LogP contribution in [0.4, 0.5) is 0 Å². The highest BCUT2D eigenvalue weighted by molar-refractivity contribution is 7.17. The maximum absolute atomic E-state index is 5.42. The second-order valence-corrected chi connectivity index (χ2v) is 4.66. The number of hydrogen-bond acceptors (Lipinski definition) is 2. The highest BCUT2D eigenvalue weighted by Crippen LogP contribution is 2.32. The smallest absolute Gasteiger partial charge is 0.136 e. The summed E-state index contributed by atoms with van der Waals surface area (Å²) in [6, 6.07) is 6.62. The van der Waals surface area contributed by atoms with Crippen LogP contribution in [0.1, 0.15) is 25.3 Å². The first-order chi connectivity index (χ1) is 7.35. The van der Waals surface area contributed by atoms with Gasteiger partial charge < -0.3 is 4.74 Å². The number of methoxy groups -OCH3 is 1. The molecule has 0 N–H and O–H groups in total.